The van der Waals surface area contributed by atoms with Crippen molar-refractivity contribution in [3.63, 3.8) is 0 Å². The van der Waals surface area contributed by atoms with Crippen LogP contribution in [-0.2, 0) is 19.5 Å². The molecule has 3 heterocycles. The number of fused-ring (bicyclic) bond motifs is 1. The number of hydrogen-bond donors (Lipinski definition) is 1. The summed E-state index contributed by atoms with van der Waals surface area (Å²) in [6, 6.07) is 9.33. The Bertz CT molecular complexity index is 951. The Balaban J connectivity index is 1.49. The first-order chi connectivity index (χ1) is 12.7. The van der Waals surface area contributed by atoms with Gasteiger partial charge in [-0.1, -0.05) is 12.1 Å². The maximum absolute atomic E-state index is 12.5. The minimum atomic E-state index is -0.141. The van der Waals surface area contributed by atoms with Crippen molar-refractivity contribution in [2.24, 2.45) is 0 Å². The third-order valence-electron chi connectivity index (χ3n) is 4.50. The Morgan fingerprint density at radius 1 is 1.23 bits per heavy atom. The lowest BCUT2D eigenvalue weighted by Crippen LogP contribution is -2.24. The van der Waals surface area contributed by atoms with E-state index in [1.165, 1.54) is 0 Å². The predicted octanol–water partition coefficient (Wildman–Crippen LogP) is 2.22. The summed E-state index contributed by atoms with van der Waals surface area (Å²) in [6.45, 7) is 1.29. The van der Waals surface area contributed by atoms with E-state index in [0.717, 1.165) is 42.2 Å². The molecule has 0 unspecified atom stereocenters. The zero-order chi connectivity index (χ0) is 17.9. The van der Waals surface area contributed by atoms with Crippen LogP contribution in [0.25, 0.3) is 11.1 Å². The first kappa shape index (κ1) is 16.3. The molecule has 2 aromatic heterocycles. The second-order valence-corrected chi connectivity index (χ2v) is 6.16. The standard InChI is InChI=1S/C19H19N5O2/c1-26-16-9-15(10-20-11-16)13-4-2-5-14(8-13)19(25)21-12-18-23-22-17-6-3-7-24(17)18/h2,4-5,8-11H,3,6-7,12H2,1H3,(H,21,25). The number of aryl methyl sites for hydroxylation is 1. The first-order valence-electron chi connectivity index (χ1n) is 8.53. The van der Waals surface area contributed by atoms with Gasteiger partial charge in [0.1, 0.15) is 11.6 Å². The summed E-state index contributed by atoms with van der Waals surface area (Å²) in [5, 5.41) is 11.3. The van der Waals surface area contributed by atoms with Gasteiger partial charge in [0.05, 0.1) is 19.9 Å². The second-order valence-electron chi connectivity index (χ2n) is 6.16. The Morgan fingerprint density at radius 2 is 2.15 bits per heavy atom. The molecule has 0 fully saturated rings. The normalized spacial score (nSPS) is 12.7. The van der Waals surface area contributed by atoms with Crippen LogP contribution in [0.1, 0.15) is 28.4 Å². The molecule has 0 bridgehead atoms. The Morgan fingerprint density at radius 3 is 3.04 bits per heavy atom. The molecule has 0 spiro atoms. The maximum atomic E-state index is 12.5. The zero-order valence-corrected chi connectivity index (χ0v) is 14.5. The third kappa shape index (κ3) is 3.15. The van der Waals surface area contributed by atoms with Crippen LogP contribution in [-0.4, -0.2) is 32.8 Å². The van der Waals surface area contributed by atoms with Crippen molar-refractivity contribution in [2.75, 3.05) is 7.11 Å². The van der Waals surface area contributed by atoms with Gasteiger partial charge in [-0.2, -0.15) is 0 Å². The quantitative estimate of drug-likeness (QED) is 0.764. The van der Waals surface area contributed by atoms with E-state index in [-0.39, 0.29) is 5.91 Å². The number of pyridine rings is 1. The minimum absolute atomic E-state index is 0.141. The van der Waals surface area contributed by atoms with Crippen LogP contribution in [0.15, 0.2) is 42.7 Å². The zero-order valence-electron chi connectivity index (χ0n) is 14.5. The topological polar surface area (TPSA) is 81.9 Å². The van der Waals surface area contributed by atoms with E-state index in [1.54, 1.807) is 25.6 Å². The lowest BCUT2D eigenvalue weighted by atomic mass is 10.0. The lowest BCUT2D eigenvalue weighted by molar-refractivity contribution is 0.0949. The summed E-state index contributed by atoms with van der Waals surface area (Å²) in [5.41, 5.74) is 2.40. The molecule has 1 aliphatic rings. The number of carbonyl (C=O) groups excluding carboxylic acids is 1. The molecular weight excluding hydrogens is 330 g/mol. The lowest BCUT2D eigenvalue weighted by Gasteiger charge is -2.08. The fraction of sp³-hybridized carbons (Fsp3) is 0.263. The summed E-state index contributed by atoms with van der Waals surface area (Å²) in [6.07, 6.45) is 5.44. The minimum Gasteiger partial charge on any atom is -0.495 e. The van der Waals surface area contributed by atoms with Crippen LogP contribution >= 0.6 is 0 Å². The van der Waals surface area contributed by atoms with E-state index < -0.39 is 0 Å². The number of ether oxygens (including phenoxy) is 1. The molecular formula is C19H19N5O2. The molecule has 0 saturated heterocycles. The van der Waals surface area contributed by atoms with Gasteiger partial charge >= 0.3 is 0 Å². The van der Waals surface area contributed by atoms with Gasteiger partial charge in [-0.25, -0.2) is 0 Å². The van der Waals surface area contributed by atoms with Crippen molar-refractivity contribution < 1.29 is 9.53 Å². The Labute approximate surface area is 151 Å². The van der Waals surface area contributed by atoms with Crippen molar-refractivity contribution in [3.05, 3.63) is 59.9 Å². The summed E-state index contributed by atoms with van der Waals surface area (Å²) < 4.78 is 7.30. The molecule has 7 heteroatoms. The molecule has 0 saturated carbocycles. The molecule has 0 aliphatic carbocycles. The van der Waals surface area contributed by atoms with Crippen molar-refractivity contribution in [3.8, 4) is 16.9 Å². The van der Waals surface area contributed by atoms with Crippen LogP contribution in [0.5, 0.6) is 5.75 Å². The number of nitrogens with zero attached hydrogens (tertiary/aromatic N) is 4. The molecule has 0 atom stereocenters. The van der Waals surface area contributed by atoms with Crippen molar-refractivity contribution in [2.45, 2.75) is 25.9 Å². The van der Waals surface area contributed by atoms with Crippen molar-refractivity contribution >= 4 is 5.91 Å². The van der Waals surface area contributed by atoms with E-state index >= 15 is 0 Å². The van der Waals surface area contributed by atoms with Gasteiger partial charge in [0.15, 0.2) is 5.82 Å². The summed E-state index contributed by atoms with van der Waals surface area (Å²) >= 11 is 0. The molecule has 1 amide bonds. The van der Waals surface area contributed by atoms with Crippen LogP contribution < -0.4 is 10.1 Å². The monoisotopic (exact) mass is 349 g/mol. The van der Waals surface area contributed by atoms with Gasteiger partial charge in [0, 0.05) is 30.3 Å². The molecule has 1 aromatic carbocycles. The molecule has 4 rings (SSSR count). The largest absolute Gasteiger partial charge is 0.495 e. The number of carbonyl (C=O) groups is 1. The third-order valence-corrected chi connectivity index (χ3v) is 4.50. The average Bonchev–Trinajstić information content (AvgIpc) is 3.30. The number of amides is 1. The molecule has 132 valence electrons. The van der Waals surface area contributed by atoms with Gasteiger partial charge in [-0.05, 0) is 30.2 Å². The van der Waals surface area contributed by atoms with Gasteiger partial charge in [0.25, 0.3) is 5.91 Å². The van der Waals surface area contributed by atoms with Crippen LogP contribution in [0.2, 0.25) is 0 Å². The van der Waals surface area contributed by atoms with Gasteiger partial charge in [0.2, 0.25) is 0 Å². The van der Waals surface area contributed by atoms with Gasteiger partial charge in [-0.15, -0.1) is 10.2 Å². The number of aromatic nitrogens is 4. The number of methoxy groups -OCH3 is 1. The average molecular weight is 349 g/mol. The number of hydrogen-bond acceptors (Lipinski definition) is 5. The molecule has 3 aromatic rings. The fourth-order valence-electron chi connectivity index (χ4n) is 3.13. The molecule has 0 radical (unpaired) electrons. The van der Waals surface area contributed by atoms with Gasteiger partial charge < -0.3 is 14.6 Å². The highest BCUT2D eigenvalue weighted by Crippen LogP contribution is 2.23. The number of rotatable bonds is 5. The van der Waals surface area contributed by atoms with E-state index in [4.69, 9.17) is 4.74 Å². The predicted molar refractivity (Wildman–Crippen MR) is 95.7 cm³/mol. The smallest absolute Gasteiger partial charge is 0.251 e. The molecule has 26 heavy (non-hydrogen) atoms. The second kappa shape index (κ2) is 6.95. The molecule has 1 N–H and O–H groups in total. The highest BCUT2D eigenvalue weighted by atomic mass is 16.5. The van der Waals surface area contributed by atoms with E-state index in [1.807, 2.05) is 24.3 Å². The Hall–Kier alpha value is -3.22. The molecule has 1 aliphatic heterocycles. The van der Waals surface area contributed by atoms with E-state index in [2.05, 4.69) is 25.1 Å². The SMILES string of the molecule is COc1cncc(-c2cccc(C(=O)NCc3nnc4n3CCC4)c2)c1. The van der Waals surface area contributed by atoms with Crippen LogP contribution in [0, 0.1) is 0 Å². The van der Waals surface area contributed by atoms with Gasteiger partial charge in [-0.3, -0.25) is 9.78 Å². The Kier molecular flexibility index (Phi) is 4.35. The number of nitrogens with one attached hydrogen (secondary N) is 1. The van der Waals surface area contributed by atoms with Crippen LogP contribution in [0.4, 0.5) is 0 Å². The highest BCUT2D eigenvalue weighted by molar-refractivity contribution is 5.95. The van der Waals surface area contributed by atoms with E-state index in [0.29, 0.717) is 17.9 Å². The van der Waals surface area contributed by atoms with Crippen molar-refractivity contribution in [1.29, 1.82) is 0 Å². The molecule has 7 nitrogen and oxygen atoms in total. The van der Waals surface area contributed by atoms with Crippen molar-refractivity contribution in [1.82, 2.24) is 25.1 Å². The highest BCUT2D eigenvalue weighted by Gasteiger charge is 2.17. The maximum Gasteiger partial charge on any atom is 0.251 e. The first-order valence-corrected chi connectivity index (χ1v) is 8.53. The van der Waals surface area contributed by atoms with E-state index in [9.17, 15) is 4.79 Å². The summed E-state index contributed by atoms with van der Waals surface area (Å²) in [7, 11) is 1.60. The summed E-state index contributed by atoms with van der Waals surface area (Å²) in [5.74, 6) is 2.34. The number of benzene rings is 1. The fourth-order valence-corrected chi connectivity index (χ4v) is 3.13. The van der Waals surface area contributed by atoms with Crippen LogP contribution in [0.3, 0.4) is 0 Å². The summed E-state index contributed by atoms with van der Waals surface area (Å²) in [4.78, 5) is 16.7.